The number of nitrogens with zero attached hydrogens (tertiary/aromatic N) is 1. The van der Waals surface area contributed by atoms with Crippen molar-refractivity contribution < 1.29 is 4.42 Å². The van der Waals surface area contributed by atoms with Crippen molar-refractivity contribution in [3.05, 3.63) is 23.7 Å². The zero-order valence-electron chi connectivity index (χ0n) is 11.0. The van der Waals surface area contributed by atoms with E-state index in [0.717, 1.165) is 30.5 Å². The lowest BCUT2D eigenvalue weighted by Crippen LogP contribution is -2.26. The second-order valence-corrected chi connectivity index (χ2v) is 5.08. The van der Waals surface area contributed by atoms with Gasteiger partial charge < -0.3 is 9.73 Å². The van der Waals surface area contributed by atoms with E-state index in [0.29, 0.717) is 0 Å². The minimum absolute atomic E-state index is 0.816. The second kappa shape index (κ2) is 6.22. The fraction of sp³-hybridized carbons (Fsp3) is 0.714. The van der Waals surface area contributed by atoms with Gasteiger partial charge in [-0.15, -0.1) is 0 Å². The highest BCUT2D eigenvalue weighted by Gasteiger charge is 2.24. The number of hydrogen-bond acceptors (Lipinski definition) is 3. The molecule has 0 amide bonds. The topological polar surface area (TPSA) is 28.4 Å². The molecule has 0 radical (unpaired) electrons. The fourth-order valence-electron chi connectivity index (χ4n) is 2.21. The van der Waals surface area contributed by atoms with Gasteiger partial charge in [0.05, 0.1) is 13.1 Å². The van der Waals surface area contributed by atoms with E-state index in [1.807, 2.05) is 7.05 Å². The van der Waals surface area contributed by atoms with E-state index >= 15 is 0 Å². The SMILES string of the molecule is CCCN(Cc1ccc(CNC)o1)CC1CC1. The highest BCUT2D eigenvalue weighted by atomic mass is 16.3. The molecule has 0 aliphatic heterocycles. The van der Waals surface area contributed by atoms with Crippen LogP contribution in [0.3, 0.4) is 0 Å². The predicted molar refractivity (Wildman–Crippen MR) is 69.8 cm³/mol. The van der Waals surface area contributed by atoms with Crippen LogP contribution < -0.4 is 5.32 Å². The molecule has 1 fully saturated rings. The summed E-state index contributed by atoms with van der Waals surface area (Å²) in [5, 5.41) is 3.11. The van der Waals surface area contributed by atoms with Crippen LogP contribution in [0.4, 0.5) is 0 Å². The quantitative estimate of drug-likeness (QED) is 0.752. The molecular weight excluding hydrogens is 212 g/mol. The van der Waals surface area contributed by atoms with Gasteiger partial charge in [0.15, 0.2) is 0 Å². The third kappa shape index (κ3) is 4.17. The van der Waals surface area contributed by atoms with Gasteiger partial charge in [-0.2, -0.15) is 0 Å². The molecule has 0 atom stereocenters. The molecule has 3 nitrogen and oxygen atoms in total. The average molecular weight is 236 g/mol. The summed E-state index contributed by atoms with van der Waals surface area (Å²) in [5.74, 6) is 3.09. The summed E-state index contributed by atoms with van der Waals surface area (Å²) in [7, 11) is 1.94. The first-order valence-electron chi connectivity index (χ1n) is 6.76. The molecular formula is C14H24N2O. The number of nitrogens with one attached hydrogen (secondary N) is 1. The highest BCUT2D eigenvalue weighted by molar-refractivity contribution is 5.07. The summed E-state index contributed by atoms with van der Waals surface area (Å²) < 4.78 is 5.80. The molecule has 96 valence electrons. The lowest BCUT2D eigenvalue weighted by Gasteiger charge is -2.20. The van der Waals surface area contributed by atoms with Gasteiger partial charge in [0.25, 0.3) is 0 Å². The van der Waals surface area contributed by atoms with E-state index in [1.54, 1.807) is 0 Å². The fourth-order valence-corrected chi connectivity index (χ4v) is 2.21. The van der Waals surface area contributed by atoms with Crippen molar-refractivity contribution in [3.63, 3.8) is 0 Å². The molecule has 0 saturated heterocycles. The molecule has 0 bridgehead atoms. The van der Waals surface area contributed by atoms with E-state index in [2.05, 4.69) is 29.3 Å². The van der Waals surface area contributed by atoms with Crippen LogP contribution >= 0.6 is 0 Å². The van der Waals surface area contributed by atoms with Crippen molar-refractivity contribution in [2.45, 2.75) is 39.3 Å². The molecule has 3 heteroatoms. The van der Waals surface area contributed by atoms with Gasteiger partial charge in [-0.25, -0.2) is 0 Å². The van der Waals surface area contributed by atoms with Crippen molar-refractivity contribution in [2.24, 2.45) is 5.92 Å². The van der Waals surface area contributed by atoms with Crippen molar-refractivity contribution in [1.29, 1.82) is 0 Å². The van der Waals surface area contributed by atoms with Crippen LogP contribution in [0.15, 0.2) is 16.5 Å². The molecule has 1 aliphatic rings. The van der Waals surface area contributed by atoms with Crippen molar-refractivity contribution in [3.8, 4) is 0 Å². The molecule has 1 aromatic heterocycles. The van der Waals surface area contributed by atoms with E-state index in [1.165, 1.54) is 32.4 Å². The van der Waals surface area contributed by atoms with Gasteiger partial charge >= 0.3 is 0 Å². The smallest absolute Gasteiger partial charge is 0.118 e. The molecule has 0 aromatic carbocycles. The maximum absolute atomic E-state index is 5.80. The van der Waals surface area contributed by atoms with Gasteiger partial charge in [0.2, 0.25) is 0 Å². The zero-order chi connectivity index (χ0) is 12.1. The Hall–Kier alpha value is -0.800. The average Bonchev–Trinajstić information content (AvgIpc) is 3.00. The summed E-state index contributed by atoms with van der Waals surface area (Å²) >= 11 is 0. The Bertz CT molecular complexity index is 331. The van der Waals surface area contributed by atoms with Gasteiger partial charge in [0.1, 0.15) is 11.5 Å². The molecule has 1 heterocycles. The summed E-state index contributed by atoms with van der Waals surface area (Å²) in [4.78, 5) is 2.53. The van der Waals surface area contributed by atoms with Crippen LogP contribution in [0, 0.1) is 5.92 Å². The van der Waals surface area contributed by atoms with Crippen LogP contribution in [0.2, 0.25) is 0 Å². The normalized spacial score (nSPS) is 15.7. The molecule has 1 aliphatic carbocycles. The first-order valence-corrected chi connectivity index (χ1v) is 6.76. The third-order valence-corrected chi connectivity index (χ3v) is 3.20. The maximum Gasteiger partial charge on any atom is 0.118 e. The number of rotatable bonds is 8. The molecule has 0 spiro atoms. The Morgan fingerprint density at radius 1 is 1.35 bits per heavy atom. The van der Waals surface area contributed by atoms with Crippen LogP contribution in [0.1, 0.15) is 37.7 Å². The summed E-state index contributed by atoms with van der Waals surface area (Å²) in [6.45, 7) is 6.45. The van der Waals surface area contributed by atoms with E-state index < -0.39 is 0 Å². The van der Waals surface area contributed by atoms with Crippen LogP contribution in [-0.2, 0) is 13.1 Å². The standard InChI is InChI=1S/C14H24N2O/c1-3-8-16(10-12-4-5-12)11-14-7-6-13(17-14)9-15-2/h6-7,12,15H,3-5,8-11H2,1-2H3. The van der Waals surface area contributed by atoms with Crippen LogP contribution in [0.5, 0.6) is 0 Å². The van der Waals surface area contributed by atoms with Crippen molar-refractivity contribution in [2.75, 3.05) is 20.1 Å². The van der Waals surface area contributed by atoms with Crippen molar-refractivity contribution in [1.82, 2.24) is 10.2 Å². The summed E-state index contributed by atoms with van der Waals surface area (Å²) in [5.41, 5.74) is 0. The summed E-state index contributed by atoms with van der Waals surface area (Å²) in [6, 6.07) is 4.19. The van der Waals surface area contributed by atoms with Crippen LogP contribution in [0.25, 0.3) is 0 Å². The Morgan fingerprint density at radius 3 is 2.76 bits per heavy atom. The minimum Gasteiger partial charge on any atom is -0.463 e. The summed E-state index contributed by atoms with van der Waals surface area (Å²) in [6.07, 6.45) is 4.06. The Morgan fingerprint density at radius 2 is 2.12 bits per heavy atom. The van der Waals surface area contributed by atoms with E-state index in [9.17, 15) is 0 Å². The lowest BCUT2D eigenvalue weighted by atomic mass is 10.3. The molecule has 1 N–H and O–H groups in total. The predicted octanol–water partition coefficient (Wildman–Crippen LogP) is 2.62. The number of hydrogen-bond donors (Lipinski definition) is 1. The Labute approximate surface area is 104 Å². The molecule has 2 rings (SSSR count). The minimum atomic E-state index is 0.816. The van der Waals surface area contributed by atoms with Crippen molar-refractivity contribution >= 4 is 0 Å². The molecule has 17 heavy (non-hydrogen) atoms. The van der Waals surface area contributed by atoms with E-state index in [4.69, 9.17) is 4.42 Å². The van der Waals surface area contributed by atoms with Gasteiger partial charge in [0, 0.05) is 6.54 Å². The largest absolute Gasteiger partial charge is 0.463 e. The van der Waals surface area contributed by atoms with E-state index in [-0.39, 0.29) is 0 Å². The maximum atomic E-state index is 5.80. The number of furan rings is 1. The lowest BCUT2D eigenvalue weighted by molar-refractivity contribution is 0.232. The molecule has 0 unspecified atom stereocenters. The first-order chi connectivity index (χ1) is 8.31. The first kappa shape index (κ1) is 12.7. The zero-order valence-corrected chi connectivity index (χ0v) is 11.0. The second-order valence-electron chi connectivity index (χ2n) is 5.08. The Balaban J connectivity index is 1.85. The van der Waals surface area contributed by atoms with Gasteiger partial charge in [-0.3, -0.25) is 4.90 Å². The van der Waals surface area contributed by atoms with Gasteiger partial charge in [-0.1, -0.05) is 6.92 Å². The third-order valence-electron chi connectivity index (χ3n) is 3.20. The Kier molecular flexibility index (Phi) is 4.63. The van der Waals surface area contributed by atoms with Crippen LogP contribution in [-0.4, -0.2) is 25.0 Å². The molecule has 1 saturated carbocycles. The monoisotopic (exact) mass is 236 g/mol. The molecule has 1 aromatic rings. The highest BCUT2D eigenvalue weighted by Crippen LogP contribution is 2.30. The van der Waals surface area contributed by atoms with Gasteiger partial charge in [-0.05, 0) is 50.9 Å².